The highest BCUT2D eigenvalue weighted by Gasteiger charge is 2.33. The Labute approximate surface area is 166 Å². The monoisotopic (exact) mass is 377 g/mol. The van der Waals surface area contributed by atoms with E-state index in [9.17, 15) is 9.59 Å². The lowest BCUT2D eigenvalue weighted by Crippen LogP contribution is -2.42. The van der Waals surface area contributed by atoms with Crippen molar-refractivity contribution in [2.24, 2.45) is 11.8 Å². The summed E-state index contributed by atoms with van der Waals surface area (Å²) in [5, 5.41) is 3.03. The van der Waals surface area contributed by atoms with Gasteiger partial charge in [0.25, 0.3) is 0 Å². The molecule has 0 unspecified atom stereocenters. The first-order valence-corrected chi connectivity index (χ1v) is 10.2. The smallest absolute Gasteiger partial charge is 0.225 e. The summed E-state index contributed by atoms with van der Waals surface area (Å²) >= 11 is 0. The maximum Gasteiger partial charge on any atom is 0.225 e. The summed E-state index contributed by atoms with van der Waals surface area (Å²) in [6, 6.07) is 12.2. The summed E-state index contributed by atoms with van der Waals surface area (Å²) in [4.78, 5) is 31.4. The van der Waals surface area contributed by atoms with E-state index in [4.69, 9.17) is 0 Å². The zero-order valence-electron chi connectivity index (χ0n) is 16.1. The van der Waals surface area contributed by atoms with Gasteiger partial charge in [-0.15, -0.1) is 0 Å². The van der Waals surface area contributed by atoms with Crippen LogP contribution in [0.5, 0.6) is 0 Å². The van der Waals surface area contributed by atoms with Crippen LogP contribution in [0.1, 0.15) is 42.4 Å². The van der Waals surface area contributed by atoms with Crippen LogP contribution in [0, 0.1) is 11.8 Å². The number of rotatable bonds is 4. The Morgan fingerprint density at radius 2 is 1.64 bits per heavy atom. The van der Waals surface area contributed by atoms with Crippen LogP contribution in [0.2, 0.25) is 0 Å². The van der Waals surface area contributed by atoms with Crippen molar-refractivity contribution in [1.82, 2.24) is 15.2 Å². The standard InChI is InChI=1S/C23H27N3O2/c27-22(25-15-17-9-12-24-13-10-17)19-5-7-20(8-6-19)23(28)26-14-11-18-3-1-2-4-21(18)16-26/h1-4,9-10,12-13,19-20H,5-8,11,14-16H2,(H,25,27). The molecule has 2 aliphatic rings. The first-order valence-electron chi connectivity index (χ1n) is 10.2. The molecular formula is C23H27N3O2. The van der Waals surface area contributed by atoms with Gasteiger partial charge < -0.3 is 10.2 Å². The summed E-state index contributed by atoms with van der Waals surface area (Å²) in [6.45, 7) is 2.07. The normalized spacial score (nSPS) is 21.6. The van der Waals surface area contributed by atoms with Gasteiger partial charge in [0, 0.05) is 43.9 Å². The molecule has 5 nitrogen and oxygen atoms in total. The molecule has 1 aliphatic carbocycles. The van der Waals surface area contributed by atoms with Gasteiger partial charge in [0.1, 0.15) is 0 Å². The topological polar surface area (TPSA) is 62.3 Å². The minimum absolute atomic E-state index is 0.0213. The maximum atomic E-state index is 13.0. The molecule has 5 heteroatoms. The summed E-state index contributed by atoms with van der Waals surface area (Å²) in [7, 11) is 0. The Morgan fingerprint density at radius 1 is 0.964 bits per heavy atom. The molecule has 1 N–H and O–H groups in total. The van der Waals surface area contributed by atoms with E-state index in [1.54, 1.807) is 12.4 Å². The first-order chi connectivity index (χ1) is 13.7. The molecule has 0 radical (unpaired) electrons. The third kappa shape index (κ3) is 4.24. The summed E-state index contributed by atoms with van der Waals surface area (Å²) in [6.07, 6.45) is 7.62. The van der Waals surface area contributed by atoms with E-state index in [1.807, 2.05) is 23.1 Å². The van der Waals surface area contributed by atoms with Gasteiger partial charge in [0.15, 0.2) is 0 Å². The van der Waals surface area contributed by atoms with Crippen LogP contribution in [0.25, 0.3) is 0 Å². The van der Waals surface area contributed by atoms with Gasteiger partial charge in [0.2, 0.25) is 11.8 Å². The number of nitrogens with one attached hydrogen (secondary N) is 1. The van der Waals surface area contributed by atoms with Crippen molar-refractivity contribution in [2.75, 3.05) is 6.54 Å². The number of carbonyl (C=O) groups is 2. The van der Waals surface area contributed by atoms with Gasteiger partial charge in [-0.1, -0.05) is 24.3 Å². The minimum atomic E-state index is 0.0213. The van der Waals surface area contributed by atoms with Crippen molar-refractivity contribution >= 4 is 11.8 Å². The lowest BCUT2D eigenvalue weighted by atomic mass is 9.80. The molecular weight excluding hydrogens is 350 g/mol. The van der Waals surface area contributed by atoms with Crippen LogP contribution < -0.4 is 5.32 Å². The molecule has 0 bridgehead atoms. The summed E-state index contributed by atoms with van der Waals surface area (Å²) < 4.78 is 0. The molecule has 1 aliphatic heterocycles. The third-order valence-corrected chi connectivity index (χ3v) is 6.11. The van der Waals surface area contributed by atoms with Crippen LogP contribution >= 0.6 is 0 Å². The number of carbonyl (C=O) groups excluding carboxylic acids is 2. The van der Waals surface area contributed by atoms with Gasteiger partial charge in [-0.2, -0.15) is 0 Å². The first kappa shape index (κ1) is 18.7. The van der Waals surface area contributed by atoms with Crippen LogP contribution in [0.4, 0.5) is 0 Å². The van der Waals surface area contributed by atoms with E-state index >= 15 is 0 Å². The van der Waals surface area contributed by atoms with Gasteiger partial charge >= 0.3 is 0 Å². The van der Waals surface area contributed by atoms with E-state index in [-0.39, 0.29) is 23.7 Å². The van der Waals surface area contributed by atoms with Crippen LogP contribution in [-0.2, 0) is 29.1 Å². The molecule has 1 saturated carbocycles. The number of nitrogens with zero attached hydrogens (tertiary/aromatic N) is 2. The van der Waals surface area contributed by atoms with Crippen molar-refractivity contribution in [2.45, 2.75) is 45.2 Å². The van der Waals surface area contributed by atoms with Crippen LogP contribution in [-0.4, -0.2) is 28.2 Å². The molecule has 4 rings (SSSR count). The van der Waals surface area contributed by atoms with E-state index in [0.29, 0.717) is 6.54 Å². The number of fused-ring (bicyclic) bond motifs is 1. The maximum absolute atomic E-state index is 13.0. The Morgan fingerprint density at radius 3 is 2.39 bits per heavy atom. The molecule has 0 atom stereocenters. The molecule has 2 amide bonds. The zero-order chi connectivity index (χ0) is 19.3. The number of pyridine rings is 1. The molecule has 1 fully saturated rings. The molecule has 28 heavy (non-hydrogen) atoms. The summed E-state index contributed by atoms with van der Waals surface area (Å²) in [5.41, 5.74) is 3.69. The Hall–Kier alpha value is -2.69. The summed E-state index contributed by atoms with van der Waals surface area (Å²) in [5.74, 6) is 0.460. The second-order valence-corrected chi connectivity index (χ2v) is 7.90. The molecule has 0 saturated heterocycles. The van der Waals surface area contributed by atoms with Gasteiger partial charge in [-0.25, -0.2) is 0 Å². The number of hydrogen-bond acceptors (Lipinski definition) is 3. The second-order valence-electron chi connectivity index (χ2n) is 7.90. The van der Waals surface area contributed by atoms with Crippen molar-refractivity contribution in [3.63, 3.8) is 0 Å². The highest BCUT2D eigenvalue weighted by atomic mass is 16.2. The molecule has 1 aromatic heterocycles. The number of amides is 2. The molecule has 146 valence electrons. The number of hydrogen-bond donors (Lipinski definition) is 1. The fraction of sp³-hybridized carbons (Fsp3) is 0.435. The van der Waals surface area contributed by atoms with Crippen LogP contribution in [0.15, 0.2) is 48.8 Å². The zero-order valence-corrected chi connectivity index (χ0v) is 16.1. The van der Waals surface area contributed by atoms with Crippen LogP contribution in [0.3, 0.4) is 0 Å². The quantitative estimate of drug-likeness (QED) is 0.891. The Kier molecular flexibility index (Phi) is 5.70. The predicted octanol–water partition coefficient (Wildman–Crippen LogP) is 3.09. The van der Waals surface area contributed by atoms with Gasteiger partial charge in [-0.3, -0.25) is 14.6 Å². The predicted molar refractivity (Wildman–Crippen MR) is 107 cm³/mol. The van der Waals surface area contributed by atoms with E-state index in [0.717, 1.165) is 50.8 Å². The van der Waals surface area contributed by atoms with E-state index in [1.165, 1.54) is 11.1 Å². The molecule has 2 heterocycles. The average molecular weight is 377 g/mol. The SMILES string of the molecule is O=C(NCc1ccncc1)C1CCC(C(=O)N2CCc3ccccc3C2)CC1. The van der Waals surface area contributed by atoms with Gasteiger partial charge in [0.05, 0.1) is 0 Å². The molecule has 0 spiro atoms. The molecule has 1 aromatic carbocycles. The van der Waals surface area contributed by atoms with Crippen molar-refractivity contribution in [3.8, 4) is 0 Å². The van der Waals surface area contributed by atoms with Gasteiger partial charge in [-0.05, 0) is 60.9 Å². The average Bonchev–Trinajstić information content (AvgIpc) is 2.77. The third-order valence-electron chi connectivity index (χ3n) is 6.11. The Bertz CT molecular complexity index is 829. The fourth-order valence-electron chi connectivity index (χ4n) is 4.38. The van der Waals surface area contributed by atoms with E-state index in [2.05, 4.69) is 28.5 Å². The highest BCUT2D eigenvalue weighted by Crippen LogP contribution is 2.31. The van der Waals surface area contributed by atoms with Crippen molar-refractivity contribution in [1.29, 1.82) is 0 Å². The number of benzene rings is 1. The second kappa shape index (κ2) is 8.55. The highest BCUT2D eigenvalue weighted by molar-refractivity contribution is 5.81. The minimum Gasteiger partial charge on any atom is -0.352 e. The lowest BCUT2D eigenvalue weighted by Gasteiger charge is -2.34. The van der Waals surface area contributed by atoms with E-state index < -0.39 is 0 Å². The number of aromatic nitrogens is 1. The lowest BCUT2D eigenvalue weighted by molar-refractivity contribution is -0.139. The van der Waals surface area contributed by atoms with Crippen molar-refractivity contribution < 1.29 is 9.59 Å². The molecule has 2 aromatic rings. The largest absolute Gasteiger partial charge is 0.352 e. The Balaban J connectivity index is 1.26. The fourth-order valence-corrected chi connectivity index (χ4v) is 4.38. The van der Waals surface area contributed by atoms with Crippen molar-refractivity contribution in [3.05, 3.63) is 65.5 Å².